The molecule has 1 unspecified atom stereocenters. The van der Waals surface area contributed by atoms with Gasteiger partial charge in [0.25, 0.3) is 0 Å². The van der Waals surface area contributed by atoms with Crippen LogP contribution >= 0.6 is 0 Å². The summed E-state index contributed by atoms with van der Waals surface area (Å²) >= 11 is 0. The molecule has 174 valence electrons. The van der Waals surface area contributed by atoms with Gasteiger partial charge in [0.05, 0.1) is 6.61 Å². The molecular weight excluding hydrogens is 383 g/mol. The average Bonchev–Trinajstić information content (AvgIpc) is 2.80. The molecule has 0 heterocycles. The van der Waals surface area contributed by atoms with Crippen molar-refractivity contribution in [3.8, 4) is 5.75 Å². The molecule has 0 amide bonds. The topological polar surface area (TPSA) is 9.23 Å². The number of rotatable bonds is 12. The molecule has 1 fully saturated rings. The lowest BCUT2D eigenvalue weighted by molar-refractivity contribution is 0.186. The van der Waals surface area contributed by atoms with Gasteiger partial charge in [-0.2, -0.15) is 0 Å². The lowest BCUT2D eigenvalue weighted by Crippen LogP contribution is -2.23. The first kappa shape index (κ1) is 24.3. The number of benzene rings is 1. The van der Waals surface area contributed by atoms with Crippen LogP contribution in [0.25, 0.3) is 0 Å². The van der Waals surface area contributed by atoms with Crippen LogP contribution in [0.4, 0.5) is 4.39 Å². The standard InChI is InChI=1S/C29H45FO/c1-3-5-6-7-21-31-29-20-15-25(22-28(29)30)10-9-24-13-18-27(19-14-24)26-16-11-23(8-4-2)12-17-26/h13,15,20,22-23,26-27H,3-12,14,16-19,21H2,1-2H3/t23-,26-,27?. The van der Waals surface area contributed by atoms with Crippen LogP contribution < -0.4 is 4.74 Å². The summed E-state index contributed by atoms with van der Waals surface area (Å²) in [5.41, 5.74) is 2.68. The zero-order valence-corrected chi connectivity index (χ0v) is 20.1. The number of ether oxygens (including phenoxy) is 1. The van der Waals surface area contributed by atoms with Crippen LogP contribution in [0.3, 0.4) is 0 Å². The average molecular weight is 429 g/mol. The zero-order chi connectivity index (χ0) is 21.9. The Labute approximate surface area is 190 Å². The van der Waals surface area contributed by atoms with Crippen molar-refractivity contribution in [2.24, 2.45) is 17.8 Å². The number of halogens is 1. The smallest absolute Gasteiger partial charge is 0.165 e. The monoisotopic (exact) mass is 428 g/mol. The molecule has 0 bridgehead atoms. The Kier molecular flexibility index (Phi) is 10.4. The molecule has 0 N–H and O–H groups in total. The van der Waals surface area contributed by atoms with E-state index in [9.17, 15) is 4.39 Å². The summed E-state index contributed by atoms with van der Waals surface area (Å²) in [6.07, 6.45) is 21.7. The third-order valence-corrected chi connectivity index (χ3v) is 7.79. The van der Waals surface area contributed by atoms with E-state index < -0.39 is 0 Å². The van der Waals surface area contributed by atoms with Gasteiger partial charge in [0.2, 0.25) is 0 Å². The second-order valence-electron chi connectivity index (χ2n) is 10.1. The molecule has 1 aromatic carbocycles. The van der Waals surface area contributed by atoms with Gasteiger partial charge in [0, 0.05) is 0 Å². The fraction of sp³-hybridized carbons (Fsp3) is 0.724. The van der Waals surface area contributed by atoms with Crippen LogP contribution in [0, 0.1) is 23.6 Å². The number of unbranched alkanes of at least 4 members (excludes halogenated alkanes) is 3. The van der Waals surface area contributed by atoms with Crippen molar-refractivity contribution in [1.29, 1.82) is 0 Å². The number of hydrogen-bond donors (Lipinski definition) is 0. The summed E-state index contributed by atoms with van der Waals surface area (Å²) in [7, 11) is 0. The second-order valence-corrected chi connectivity index (χ2v) is 10.1. The molecular formula is C29H45FO. The predicted molar refractivity (Wildman–Crippen MR) is 130 cm³/mol. The Morgan fingerprint density at radius 1 is 0.903 bits per heavy atom. The molecule has 0 aromatic heterocycles. The molecule has 31 heavy (non-hydrogen) atoms. The highest BCUT2D eigenvalue weighted by atomic mass is 19.1. The first-order chi connectivity index (χ1) is 15.2. The number of allylic oxidation sites excluding steroid dienone is 2. The quantitative estimate of drug-likeness (QED) is 0.238. The van der Waals surface area contributed by atoms with E-state index in [0.717, 1.165) is 49.0 Å². The molecule has 2 heteroatoms. The van der Waals surface area contributed by atoms with Gasteiger partial charge in [-0.15, -0.1) is 0 Å². The van der Waals surface area contributed by atoms with Crippen LogP contribution in [0.15, 0.2) is 29.8 Å². The van der Waals surface area contributed by atoms with Crippen molar-refractivity contribution in [3.63, 3.8) is 0 Å². The maximum atomic E-state index is 14.4. The van der Waals surface area contributed by atoms with Crippen molar-refractivity contribution < 1.29 is 9.13 Å². The summed E-state index contributed by atoms with van der Waals surface area (Å²) < 4.78 is 20.0. The van der Waals surface area contributed by atoms with Crippen molar-refractivity contribution in [2.45, 2.75) is 110 Å². The minimum absolute atomic E-state index is 0.204. The SMILES string of the molecule is CCCCCCOc1ccc(CCC2=CCC([C@H]3CC[C@H](CCC)CC3)CC2)cc1F. The molecule has 1 nitrogen and oxygen atoms in total. The third kappa shape index (κ3) is 7.95. The number of hydrogen-bond acceptors (Lipinski definition) is 1. The molecule has 1 atom stereocenters. The van der Waals surface area contributed by atoms with Crippen molar-refractivity contribution in [2.75, 3.05) is 6.61 Å². The van der Waals surface area contributed by atoms with Gasteiger partial charge in [-0.25, -0.2) is 4.39 Å². The molecule has 1 aromatic rings. The Morgan fingerprint density at radius 3 is 2.42 bits per heavy atom. The summed E-state index contributed by atoms with van der Waals surface area (Å²) in [4.78, 5) is 0. The lowest BCUT2D eigenvalue weighted by atomic mass is 9.70. The largest absolute Gasteiger partial charge is 0.491 e. The van der Waals surface area contributed by atoms with Crippen molar-refractivity contribution in [3.05, 3.63) is 41.2 Å². The summed E-state index contributed by atoms with van der Waals surface area (Å²) in [5.74, 6) is 3.10. The molecule has 0 radical (unpaired) electrons. The third-order valence-electron chi connectivity index (χ3n) is 7.79. The van der Waals surface area contributed by atoms with Gasteiger partial charge in [0.1, 0.15) is 0 Å². The molecule has 2 aliphatic carbocycles. The Bertz CT molecular complexity index is 671. The van der Waals surface area contributed by atoms with Gasteiger partial charge < -0.3 is 4.74 Å². The fourth-order valence-corrected chi connectivity index (χ4v) is 5.75. The van der Waals surface area contributed by atoms with Crippen LogP contribution in [-0.4, -0.2) is 6.61 Å². The zero-order valence-electron chi connectivity index (χ0n) is 20.1. The predicted octanol–water partition coefficient (Wildman–Crippen LogP) is 9.05. The summed E-state index contributed by atoms with van der Waals surface area (Å²) in [5, 5.41) is 0. The van der Waals surface area contributed by atoms with Gasteiger partial charge in [-0.3, -0.25) is 0 Å². The first-order valence-corrected chi connectivity index (χ1v) is 13.3. The first-order valence-electron chi connectivity index (χ1n) is 13.3. The van der Waals surface area contributed by atoms with E-state index in [1.807, 2.05) is 12.1 Å². The number of aryl methyl sites for hydroxylation is 1. The van der Waals surface area contributed by atoms with Crippen molar-refractivity contribution in [1.82, 2.24) is 0 Å². The lowest BCUT2D eigenvalue weighted by Gasteiger charge is -2.35. The van der Waals surface area contributed by atoms with Crippen LogP contribution in [0.2, 0.25) is 0 Å². The Hall–Kier alpha value is -1.31. The molecule has 2 aliphatic rings. The normalized spacial score (nSPS) is 24.1. The summed E-state index contributed by atoms with van der Waals surface area (Å²) in [6, 6.07) is 5.55. The van der Waals surface area contributed by atoms with E-state index in [-0.39, 0.29) is 5.82 Å². The Morgan fingerprint density at radius 2 is 1.74 bits per heavy atom. The van der Waals surface area contributed by atoms with E-state index in [2.05, 4.69) is 19.9 Å². The van der Waals surface area contributed by atoms with Gasteiger partial charge in [0.15, 0.2) is 11.6 Å². The van der Waals surface area contributed by atoms with Crippen LogP contribution in [-0.2, 0) is 6.42 Å². The van der Waals surface area contributed by atoms with E-state index in [1.54, 1.807) is 11.6 Å². The molecule has 3 rings (SSSR count). The van der Waals surface area contributed by atoms with Gasteiger partial charge in [-0.1, -0.05) is 76.5 Å². The van der Waals surface area contributed by atoms with E-state index in [4.69, 9.17) is 4.74 Å². The minimum Gasteiger partial charge on any atom is -0.491 e. The molecule has 0 spiro atoms. The van der Waals surface area contributed by atoms with Gasteiger partial charge in [-0.05, 0) is 86.8 Å². The highest BCUT2D eigenvalue weighted by Crippen LogP contribution is 2.41. The molecule has 1 saturated carbocycles. The van der Waals surface area contributed by atoms with Crippen molar-refractivity contribution >= 4 is 0 Å². The van der Waals surface area contributed by atoms with E-state index >= 15 is 0 Å². The second kappa shape index (κ2) is 13.3. The maximum Gasteiger partial charge on any atom is 0.165 e. The highest BCUT2D eigenvalue weighted by Gasteiger charge is 2.28. The molecule has 0 saturated heterocycles. The van der Waals surface area contributed by atoms with E-state index in [0.29, 0.717) is 12.4 Å². The Balaban J connectivity index is 1.38. The van der Waals surface area contributed by atoms with Gasteiger partial charge >= 0.3 is 0 Å². The summed E-state index contributed by atoms with van der Waals surface area (Å²) in [6.45, 7) is 5.14. The van der Waals surface area contributed by atoms with E-state index in [1.165, 1.54) is 70.6 Å². The maximum absolute atomic E-state index is 14.4. The van der Waals surface area contributed by atoms with Crippen LogP contribution in [0.1, 0.15) is 109 Å². The fourth-order valence-electron chi connectivity index (χ4n) is 5.75. The molecule has 0 aliphatic heterocycles. The van der Waals surface area contributed by atoms with Crippen LogP contribution in [0.5, 0.6) is 5.75 Å². The minimum atomic E-state index is -0.204. The highest BCUT2D eigenvalue weighted by molar-refractivity contribution is 5.30.